The summed E-state index contributed by atoms with van der Waals surface area (Å²) in [5.41, 5.74) is -0.177. The summed E-state index contributed by atoms with van der Waals surface area (Å²) in [4.78, 5) is 9.70. The summed E-state index contributed by atoms with van der Waals surface area (Å²) in [6.07, 6.45) is 0. The summed E-state index contributed by atoms with van der Waals surface area (Å²) in [5.74, 6) is -2.20. The zero-order valence-corrected chi connectivity index (χ0v) is 9.89. The monoisotopic (exact) mass is 265 g/mol. The molecule has 0 aromatic heterocycles. The van der Waals surface area contributed by atoms with Gasteiger partial charge in [0.15, 0.2) is 5.82 Å². The van der Waals surface area contributed by atoms with Crippen molar-refractivity contribution >= 4 is 5.69 Å². The number of nitro benzene ring substituents is 1. The third-order valence-corrected chi connectivity index (χ3v) is 2.61. The minimum Gasteiger partial charge on any atom is -0.497 e. The Hall–Kier alpha value is -2.50. The molecule has 0 saturated heterocycles. The van der Waals surface area contributed by atoms with Crippen LogP contribution in [-0.2, 0) is 0 Å². The molecule has 0 amide bonds. The van der Waals surface area contributed by atoms with Crippen molar-refractivity contribution in [2.45, 2.75) is 0 Å². The lowest BCUT2D eigenvalue weighted by Crippen LogP contribution is -1.96. The van der Waals surface area contributed by atoms with Gasteiger partial charge in [0, 0.05) is 6.07 Å². The molecule has 19 heavy (non-hydrogen) atoms. The number of hydrogen-bond donors (Lipinski definition) is 0. The summed E-state index contributed by atoms with van der Waals surface area (Å²) < 4.78 is 31.6. The molecule has 0 heterocycles. The van der Waals surface area contributed by atoms with Crippen molar-refractivity contribution < 1.29 is 18.4 Å². The van der Waals surface area contributed by atoms with E-state index in [0.29, 0.717) is 11.3 Å². The van der Waals surface area contributed by atoms with Gasteiger partial charge in [-0.2, -0.15) is 4.39 Å². The molecule has 98 valence electrons. The maximum absolute atomic E-state index is 13.4. The standard InChI is InChI=1S/C13H9F2NO3/c1-19-10-4-2-3-8(5-10)9-6-11(14)13(15)12(7-9)16(17)18/h2-7H,1H3. The molecule has 6 heteroatoms. The Bertz CT molecular complexity index is 644. The average Bonchev–Trinajstić information content (AvgIpc) is 2.41. The second-order valence-corrected chi connectivity index (χ2v) is 3.78. The molecular weight excluding hydrogens is 256 g/mol. The molecule has 0 radical (unpaired) electrons. The van der Waals surface area contributed by atoms with Crippen molar-refractivity contribution in [3.63, 3.8) is 0 Å². The first-order chi connectivity index (χ1) is 9.02. The summed E-state index contributed by atoms with van der Waals surface area (Å²) in [7, 11) is 1.47. The van der Waals surface area contributed by atoms with Crippen molar-refractivity contribution in [2.24, 2.45) is 0 Å². The molecule has 0 fully saturated rings. The first kappa shape index (κ1) is 12.9. The van der Waals surface area contributed by atoms with E-state index >= 15 is 0 Å². The van der Waals surface area contributed by atoms with Crippen LogP contribution in [0.2, 0.25) is 0 Å². The van der Waals surface area contributed by atoms with Gasteiger partial charge in [0.2, 0.25) is 5.82 Å². The lowest BCUT2D eigenvalue weighted by atomic mass is 10.0. The van der Waals surface area contributed by atoms with E-state index in [0.717, 1.165) is 12.1 Å². The Morgan fingerprint density at radius 3 is 2.53 bits per heavy atom. The number of ether oxygens (including phenoxy) is 1. The van der Waals surface area contributed by atoms with Crippen LogP contribution in [0.4, 0.5) is 14.5 Å². The summed E-state index contributed by atoms with van der Waals surface area (Å²) in [6.45, 7) is 0. The van der Waals surface area contributed by atoms with Crippen LogP contribution < -0.4 is 4.74 Å². The molecule has 0 aliphatic heterocycles. The van der Waals surface area contributed by atoms with E-state index < -0.39 is 22.2 Å². The zero-order chi connectivity index (χ0) is 14.0. The molecule has 0 atom stereocenters. The highest BCUT2D eigenvalue weighted by Gasteiger charge is 2.20. The van der Waals surface area contributed by atoms with Crippen molar-refractivity contribution in [1.29, 1.82) is 0 Å². The quantitative estimate of drug-likeness (QED) is 0.630. The summed E-state index contributed by atoms with van der Waals surface area (Å²) in [6, 6.07) is 8.44. The van der Waals surface area contributed by atoms with Gasteiger partial charge in [0.05, 0.1) is 12.0 Å². The Balaban J connectivity index is 2.59. The van der Waals surface area contributed by atoms with Gasteiger partial charge in [-0.05, 0) is 29.3 Å². The minimum absolute atomic E-state index is 0.213. The van der Waals surface area contributed by atoms with Crippen LogP contribution in [0.15, 0.2) is 36.4 Å². The van der Waals surface area contributed by atoms with E-state index in [9.17, 15) is 18.9 Å². The van der Waals surface area contributed by atoms with Gasteiger partial charge in [0.25, 0.3) is 0 Å². The molecular formula is C13H9F2NO3. The molecule has 0 saturated carbocycles. The van der Waals surface area contributed by atoms with Gasteiger partial charge in [-0.3, -0.25) is 10.1 Å². The van der Waals surface area contributed by atoms with Crippen molar-refractivity contribution in [1.82, 2.24) is 0 Å². The Morgan fingerprint density at radius 1 is 1.16 bits per heavy atom. The van der Waals surface area contributed by atoms with Gasteiger partial charge < -0.3 is 4.74 Å². The summed E-state index contributed by atoms with van der Waals surface area (Å²) >= 11 is 0. The molecule has 0 N–H and O–H groups in total. The van der Waals surface area contributed by atoms with Crippen LogP contribution in [0.5, 0.6) is 5.75 Å². The van der Waals surface area contributed by atoms with Gasteiger partial charge in [0.1, 0.15) is 5.75 Å². The van der Waals surface area contributed by atoms with Crippen LogP contribution in [-0.4, -0.2) is 12.0 Å². The molecule has 0 aliphatic carbocycles. The fraction of sp³-hybridized carbons (Fsp3) is 0.0769. The van der Waals surface area contributed by atoms with Crippen LogP contribution in [0.1, 0.15) is 0 Å². The van der Waals surface area contributed by atoms with Crippen LogP contribution in [0.3, 0.4) is 0 Å². The van der Waals surface area contributed by atoms with Crippen LogP contribution in [0.25, 0.3) is 11.1 Å². The van der Waals surface area contributed by atoms with E-state index in [2.05, 4.69) is 0 Å². The first-order valence-corrected chi connectivity index (χ1v) is 5.31. The van der Waals surface area contributed by atoms with Crippen molar-refractivity contribution in [2.75, 3.05) is 7.11 Å². The molecule has 0 aliphatic rings. The highest BCUT2D eigenvalue weighted by Crippen LogP contribution is 2.30. The molecule has 0 bridgehead atoms. The van der Waals surface area contributed by atoms with Gasteiger partial charge in [-0.1, -0.05) is 12.1 Å². The first-order valence-electron chi connectivity index (χ1n) is 5.31. The fourth-order valence-corrected chi connectivity index (χ4v) is 1.68. The predicted molar refractivity (Wildman–Crippen MR) is 65.0 cm³/mol. The third kappa shape index (κ3) is 2.52. The predicted octanol–water partition coefficient (Wildman–Crippen LogP) is 3.55. The number of nitrogens with zero attached hydrogens (tertiary/aromatic N) is 1. The smallest absolute Gasteiger partial charge is 0.308 e. The Labute approximate surface area is 107 Å². The lowest BCUT2D eigenvalue weighted by Gasteiger charge is -2.05. The fourth-order valence-electron chi connectivity index (χ4n) is 1.68. The van der Waals surface area contributed by atoms with E-state index in [1.54, 1.807) is 24.3 Å². The Kier molecular flexibility index (Phi) is 3.41. The second-order valence-electron chi connectivity index (χ2n) is 3.78. The lowest BCUT2D eigenvalue weighted by molar-refractivity contribution is -0.387. The average molecular weight is 265 g/mol. The molecule has 2 aromatic rings. The van der Waals surface area contributed by atoms with Crippen LogP contribution >= 0.6 is 0 Å². The molecule has 0 spiro atoms. The highest BCUT2D eigenvalue weighted by atomic mass is 19.2. The van der Waals surface area contributed by atoms with Gasteiger partial charge >= 0.3 is 5.69 Å². The van der Waals surface area contributed by atoms with Crippen molar-refractivity contribution in [3.05, 3.63) is 58.1 Å². The number of methoxy groups -OCH3 is 1. The number of hydrogen-bond acceptors (Lipinski definition) is 3. The summed E-state index contributed by atoms with van der Waals surface area (Å²) in [5, 5.41) is 10.7. The van der Waals surface area contributed by atoms with E-state index in [1.807, 2.05) is 0 Å². The van der Waals surface area contributed by atoms with E-state index in [1.165, 1.54) is 7.11 Å². The largest absolute Gasteiger partial charge is 0.497 e. The van der Waals surface area contributed by atoms with Crippen LogP contribution in [0, 0.1) is 21.7 Å². The maximum atomic E-state index is 13.4. The number of benzene rings is 2. The molecule has 2 rings (SSSR count). The second kappa shape index (κ2) is 5.01. The highest BCUT2D eigenvalue weighted by molar-refractivity contribution is 5.67. The minimum atomic E-state index is -1.46. The number of rotatable bonds is 3. The third-order valence-electron chi connectivity index (χ3n) is 2.61. The number of nitro groups is 1. The molecule has 2 aromatic carbocycles. The SMILES string of the molecule is COc1cccc(-c2cc(F)c(F)c([N+](=O)[O-])c2)c1. The van der Waals surface area contributed by atoms with Crippen molar-refractivity contribution in [3.8, 4) is 16.9 Å². The van der Waals surface area contributed by atoms with Gasteiger partial charge in [-0.15, -0.1) is 0 Å². The van der Waals surface area contributed by atoms with Gasteiger partial charge in [-0.25, -0.2) is 4.39 Å². The topological polar surface area (TPSA) is 52.4 Å². The van der Waals surface area contributed by atoms with E-state index in [4.69, 9.17) is 4.74 Å². The Morgan fingerprint density at radius 2 is 1.89 bits per heavy atom. The molecule has 0 unspecified atom stereocenters. The van der Waals surface area contributed by atoms with E-state index in [-0.39, 0.29) is 5.56 Å². The maximum Gasteiger partial charge on any atom is 0.308 e. The molecule has 4 nitrogen and oxygen atoms in total. The normalized spacial score (nSPS) is 10.3. The number of halogens is 2. The zero-order valence-electron chi connectivity index (χ0n) is 9.89.